The molecule has 1 aliphatic heterocycles. The summed E-state index contributed by atoms with van der Waals surface area (Å²) >= 11 is 0.451. The van der Waals surface area contributed by atoms with Gasteiger partial charge in [0.15, 0.2) is 0 Å². The average molecular weight is 259 g/mol. The van der Waals surface area contributed by atoms with Gasteiger partial charge in [-0.15, -0.1) is 0 Å². The molecule has 1 aromatic rings. The molecule has 0 aliphatic carbocycles. The number of hydrogen-bond donors (Lipinski definition) is 0. The van der Waals surface area contributed by atoms with E-state index in [9.17, 15) is 0 Å². The predicted octanol–water partition coefficient (Wildman–Crippen LogP) is 2.16. The van der Waals surface area contributed by atoms with Gasteiger partial charge in [0.1, 0.15) is 0 Å². The van der Waals surface area contributed by atoms with Gasteiger partial charge >= 0.3 is 90.7 Å². The minimum atomic E-state index is 0.123. The number of hydrogen-bond acceptors (Lipinski definition) is 2. The molecule has 0 spiro atoms. The summed E-state index contributed by atoms with van der Waals surface area (Å²) in [6, 6.07) is 0. The fraction of sp³-hybridized carbons (Fsp3) is 0.636. The molecule has 0 fully saturated rings. The molecule has 0 aromatic carbocycles. The first kappa shape index (κ1) is 10.1. The first-order chi connectivity index (χ1) is 6.49. The van der Waals surface area contributed by atoms with Crippen LogP contribution in [0.1, 0.15) is 22.7 Å². The van der Waals surface area contributed by atoms with E-state index in [0.29, 0.717) is 14.5 Å². The van der Waals surface area contributed by atoms with Gasteiger partial charge in [-0.25, -0.2) is 0 Å². The Morgan fingerprint density at radius 3 is 1.86 bits per heavy atom. The van der Waals surface area contributed by atoms with Crippen molar-refractivity contribution in [2.75, 3.05) is 13.2 Å². The maximum absolute atomic E-state index is 5.84. The van der Waals surface area contributed by atoms with E-state index in [1.807, 2.05) is 0 Å². The van der Waals surface area contributed by atoms with Crippen molar-refractivity contribution in [1.29, 1.82) is 0 Å². The summed E-state index contributed by atoms with van der Waals surface area (Å²) in [5.74, 6) is 2.04. The van der Waals surface area contributed by atoms with Crippen LogP contribution in [0.2, 0.25) is 0 Å². The molecule has 2 rings (SSSR count). The van der Waals surface area contributed by atoms with Crippen LogP contribution in [0.25, 0.3) is 0 Å². The summed E-state index contributed by atoms with van der Waals surface area (Å²) in [6.45, 7) is 10.1. The van der Waals surface area contributed by atoms with Crippen LogP contribution in [0, 0.1) is 19.3 Å². The van der Waals surface area contributed by atoms with Crippen LogP contribution in [-0.4, -0.2) is 27.7 Å². The van der Waals surface area contributed by atoms with E-state index in [0.717, 1.165) is 24.7 Å². The second-order valence-corrected chi connectivity index (χ2v) is 7.61. The molecule has 1 aromatic heterocycles. The zero-order chi connectivity index (χ0) is 10.3. The molecule has 1 aliphatic rings. The molecule has 0 N–H and O–H groups in total. The molecule has 3 heteroatoms. The van der Waals surface area contributed by atoms with Crippen molar-refractivity contribution in [2.24, 2.45) is 5.41 Å². The Balaban J connectivity index is 2.35. The molecule has 2 heterocycles. The molecular formula is C11H16O2Se. The number of aryl methyl sites for hydroxylation is 2. The minimum absolute atomic E-state index is 0.123. The van der Waals surface area contributed by atoms with Gasteiger partial charge in [0.2, 0.25) is 0 Å². The Hall–Kier alpha value is -0.401. The van der Waals surface area contributed by atoms with Crippen molar-refractivity contribution in [3.63, 3.8) is 0 Å². The van der Waals surface area contributed by atoms with Crippen LogP contribution >= 0.6 is 0 Å². The van der Waals surface area contributed by atoms with Crippen molar-refractivity contribution in [1.82, 2.24) is 0 Å². The van der Waals surface area contributed by atoms with Gasteiger partial charge in [-0.05, 0) is 0 Å². The molecule has 0 saturated carbocycles. The quantitative estimate of drug-likeness (QED) is 0.665. The van der Waals surface area contributed by atoms with Gasteiger partial charge in [0.05, 0.1) is 0 Å². The number of rotatable bonds is 0. The number of ether oxygens (including phenoxy) is 2. The van der Waals surface area contributed by atoms with Gasteiger partial charge in [-0.2, -0.15) is 0 Å². The van der Waals surface area contributed by atoms with E-state index >= 15 is 0 Å². The Morgan fingerprint density at radius 1 is 1.00 bits per heavy atom. The van der Waals surface area contributed by atoms with Crippen molar-refractivity contribution < 1.29 is 9.47 Å². The summed E-state index contributed by atoms with van der Waals surface area (Å²) in [7, 11) is 0. The van der Waals surface area contributed by atoms with E-state index in [-0.39, 0.29) is 5.41 Å². The third-order valence-corrected chi connectivity index (χ3v) is 4.43. The van der Waals surface area contributed by atoms with Gasteiger partial charge < -0.3 is 0 Å². The standard InChI is InChI=1S/C11H16O2Se/c1-7-9-10(8(2)14-7)13-6-11(3,4)5-12-9/h5-6H2,1-4H3. The monoisotopic (exact) mass is 260 g/mol. The Bertz CT molecular complexity index is 322. The van der Waals surface area contributed by atoms with Crippen LogP contribution in [0.3, 0.4) is 0 Å². The third kappa shape index (κ3) is 1.71. The zero-order valence-corrected chi connectivity index (χ0v) is 10.9. The fourth-order valence-electron chi connectivity index (χ4n) is 1.55. The van der Waals surface area contributed by atoms with Gasteiger partial charge in [0, 0.05) is 0 Å². The van der Waals surface area contributed by atoms with Gasteiger partial charge in [-0.3, -0.25) is 0 Å². The van der Waals surface area contributed by atoms with Crippen LogP contribution in [0.5, 0.6) is 11.5 Å². The second-order valence-electron chi connectivity index (χ2n) is 4.61. The van der Waals surface area contributed by atoms with Gasteiger partial charge in [-0.1, -0.05) is 0 Å². The van der Waals surface area contributed by atoms with Crippen molar-refractivity contribution in [3.8, 4) is 11.5 Å². The molecule has 0 bridgehead atoms. The Morgan fingerprint density at radius 2 is 1.43 bits per heavy atom. The van der Waals surface area contributed by atoms with Gasteiger partial charge in [0.25, 0.3) is 0 Å². The van der Waals surface area contributed by atoms with Crippen molar-refractivity contribution in [3.05, 3.63) is 8.87 Å². The third-order valence-electron chi connectivity index (χ3n) is 2.37. The summed E-state index contributed by atoms with van der Waals surface area (Å²) in [5.41, 5.74) is 0.123. The first-order valence-electron chi connectivity index (χ1n) is 4.85. The Kier molecular flexibility index (Phi) is 2.40. The first-order valence-corrected chi connectivity index (χ1v) is 6.56. The average Bonchev–Trinajstić information content (AvgIpc) is 2.26. The molecule has 0 atom stereocenters. The topological polar surface area (TPSA) is 18.5 Å². The molecule has 0 radical (unpaired) electrons. The van der Waals surface area contributed by atoms with E-state index in [1.54, 1.807) is 0 Å². The van der Waals surface area contributed by atoms with E-state index in [2.05, 4.69) is 27.7 Å². The molecule has 78 valence electrons. The van der Waals surface area contributed by atoms with E-state index in [4.69, 9.17) is 9.47 Å². The van der Waals surface area contributed by atoms with Crippen molar-refractivity contribution in [2.45, 2.75) is 27.7 Å². The molecule has 0 amide bonds. The summed E-state index contributed by atoms with van der Waals surface area (Å²) < 4.78 is 14.4. The fourth-order valence-corrected chi connectivity index (χ4v) is 3.54. The normalized spacial score (nSPS) is 19.1. The predicted molar refractivity (Wildman–Crippen MR) is 57.6 cm³/mol. The molecular weight excluding hydrogens is 243 g/mol. The summed E-state index contributed by atoms with van der Waals surface area (Å²) in [4.78, 5) is 0. The molecule has 2 nitrogen and oxygen atoms in total. The van der Waals surface area contributed by atoms with E-state index < -0.39 is 0 Å². The van der Waals surface area contributed by atoms with Crippen LogP contribution in [-0.2, 0) is 0 Å². The number of fused-ring (bicyclic) bond motifs is 1. The molecule has 0 saturated heterocycles. The maximum atomic E-state index is 5.84. The second kappa shape index (κ2) is 3.32. The van der Waals surface area contributed by atoms with Crippen LogP contribution < -0.4 is 9.47 Å². The summed E-state index contributed by atoms with van der Waals surface area (Å²) in [5, 5.41) is 0. The molecule has 0 unspecified atom stereocenters. The SMILES string of the molecule is Cc1[se]c(C)c2c1OCC(C)(C)CO2. The molecule has 14 heavy (non-hydrogen) atoms. The van der Waals surface area contributed by atoms with Crippen LogP contribution in [0.4, 0.5) is 0 Å². The van der Waals surface area contributed by atoms with Crippen LogP contribution in [0.15, 0.2) is 0 Å². The van der Waals surface area contributed by atoms with Crippen molar-refractivity contribution >= 4 is 14.5 Å². The zero-order valence-electron chi connectivity index (χ0n) is 9.14. The Labute approximate surface area is 91.0 Å². The summed E-state index contributed by atoms with van der Waals surface area (Å²) in [6.07, 6.45) is 0. The van der Waals surface area contributed by atoms with E-state index in [1.165, 1.54) is 8.87 Å².